The Balaban J connectivity index is 1.95. The van der Waals surface area contributed by atoms with Crippen LogP contribution in [0.25, 0.3) is 5.95 Å². The molecule has 1 aliphatic heterocycles. The maximum Gasteiger partial charge on any atom is 0.256 e. The molecule has 0 radical (unpaired) electrons. The van der Waals surface area contributed by atoms with Crippen LogP contribution in [0.5, 0.6) is 0 Å². The first kappa shape index (κ1) is 11.4. The SMILES string of the molecule is Clc1nc(N2CCOCC2)nc(-n2cccn2)n1. The fourth-order valence-corrected chi connectivity index (χ4v) is 1.88. The summed E-state index contributed by atoms with van der Waals surface area (Å²) in [5, 5.41) is 4.24. The molecule has 0 saturated carbocycles. The Labute approximate surface area is 108 Å². The lowest BCUT2D eigenvalue weighted by atomic mass is 10.4. The van der Waals surface area contributed by atoms with Crippen LogP contribution >= 0.6 is 11.6 Å². The number of ether oxygens (including phenoxy) is 1. The molecule has 0 aliphatic carbocycles. The van der Waals surface area contributed by atoms with Gasteiger partial charge in [0.25, 0.3) is 5.95 Å². The molecule has 18 heavy (non-hydrogen) atoms. The second-order valence-corrected chi connectivity index (χ2v) is 4.09. The summed E-state index contributed by atoms with van der Waals surface area (Å²) < 4.78 is 6.84. The fourth-order valence-electron chi connectivity index (χ4n) is 1.72. The molecule has 0 N–H and O–H groups in total. The zero-order valence-electron chi connectivity index (χ0n) is 9.53. The molecule has 3 heterocycles. The molecular formula is C10H11ClN6O. The minimum atomic E-state index is 0.164. The van der Waals surface area contributed by atoms with Crippen molar-refractivity contribution >= 4 is 17.5 Å². The molecule has 0 amide bonds. The van der Waals surface area contributed by atoms with E-state index in [9.17, 15) is 0 Å². The van der Waals surface area contributed by atoms with E-state index in [0.29, 0.717) is 25.1 Å². The van der Waals surface area contributed by atoms with Crippen LogP contribution < -0.4 is 4.90 Å². The van der Waals surface area contributed by atoms with Crippen molar-refractivity contribution in [1.82, 2.24) is 24.7 Å². The van der Waals surface area contributed by atoms with Crippen LogP contribution in [0.15, 0.2) is 18.5 Å². The summed E-state index contributed by atoms with van der Waals surface area (Å²) >= 11 is 5.92. The number of hydrogen-bond acceptors (Lipinski definition) is 6. The molecule has 0 atom stereocenters. The van der Waals surface area contributed by atoms with Gasteiger partial charge in [-0.2, -0.15) is 20.1 Å². The summed E-state index contributed by atoms with van der Waals surface area (Å²) in [7, 11) is 0. The largest absolute Gasteiger partial charge is 0.378 e. The van der Waals surface area contributed by atoms with Crippen LogP contribution in [0.2, 0.25) is 5.28 Å². The number of rotatable bonds is 2. The van der Waals surface area contributed by atoms with Crippen LogP contribution in [0.1, 0.15) is 0 Å². The molecule has 2 aromatic rings. The van der Waals surface area contributed by atoms with E-state index >= 15 is 0 Å². The summed E-state index contributed by atoms with van der Waals surface area (Å²) in [6.07, 6.45) is 3.42. The van der Waals surface area contributed by atoms with Crippen molar-refractivity contribution in [3.63, 3.8) is 0 Å². The highest BCUT2D eigenvalue weighted by Crippen LogP contribution is 2.14. The molecule has 1 saturated heterocycles. The van der Waals surface area contributed by atoms with Crippen LogP contribution in [-0.4, -0.2) is 51.0 Å². The standard InChI is InChI=1S/C10H11ClN6O/c11-8-13-9(16-4-6-18-7-5-16)15-10(14-8)17-3-1-2-12-17/h1-3H,4-7H2. The Morgan fingerprint density at radius 1 is 1.11 bits per heavy atom. The van der Waals surface area contributed by atoms with Crippen molar-refractivity contribution in [3.05, 3.63) is 23.7 Å². The van der Waals surface area contributed by atoms with Gasteiger partial charge in [-0.1, -0.05) is 0 Å². The van der Waals surface area contributed by atoms with Crippen LogP contribution in [0.3, 0.4) is 0 Å². The molecule has 2 aromatic heterocycles. The van der Waals surface area contributed by atoms with Gasteiger partial charge < -0.3 is 9.64 Å². The number of anilines is 1. The van der Waals surface area contributed by atoms with Crippen LogP contribution in [0, 0.1) is 0 Å². The molecule has 1 aliphatic rings. The number of aromatic nitrogens is 5. The normalized spacial score (nSPS) is 15.9. The zero-order valence-corrected chi connectivity index (χ0v) is 10.3. The molecule has 94 valence electrons. The van der Waals surface area contributed by atoms with Gasteiger partial charge >= 0.3 is 0 Å². The molecule has 0 spiro atoms. The van der Waals surface area contributed by atoms with Gasteiger partial charge in [-0.05, 0) is 17.7 Å². The second-order valence-electron chi connectivity index (χ2n) is 3.75. The van der Waals surface area contributed by atoms with Crippen LogP contribution in [0.4, 0.5) is 5.95 Å². The summed E-state index contributed by atoms with van der Waals surface area (Å²) in [5.74, 6) is 0.977. The maximum atomic E-state index is 5.92. The molecular weight excluding hydrogens is 256 g/mol. The summed E-state index contributed by atoms with van der Waals surface area (Å²) in [6.45, 7) is 2.83. The maximum absolute atomic E-state index is 5.92. The van der Waals surface area contributed by atoms with Crippen molar-refractivity contribution in [2.75, 3.05) is 31.2 Å². The first-order valence-corrected chi connectivity index (χ1v) is 5.95. The van der Waals surface area contributed by atoms with Gasteiger partial charge in [-0.25, -0.2) is 4.68 Å². The third kappa shape index (κ3) is 2.27. The van der Waals surface area contributed by atoms with Gasteiger partial charge in [0.05, 0.1) is 13.2 Å². The van der Waals surface area contributed by atoms with Crippen molar-refractivity contribution in [1.29, 1.82) is 0 Å². The topological polar surface area (TPSA) is 69.0 Å². The lowest BCUT2D eigenvalue weighted by molar-refractivity contribution is 0.122. The van der Waals surface area contributed by atoms with Gasteiger partial charge in [0.1, 0.15) is 0 Å². The summed E-state index contributed by atoms with van der Waals surface area (Å²) in [6, 6.07) is 1.80. The van der Waals surface area contributed by atoms with Gasteiger partial charge in [0, 0.05) is 25.5 Å². The van der Waals surface area contributed by atoms with Crippen LogP contribution in [-0.2, 0) is 4.74 Å². The third-order valence-electron chi connectivity index (χ3n) is 2.59. The zero-order chi connectivity index (χ0) is 12.4. The predicted octanol–water partition coefficient (Wildman–Crippen LogP) is 0.547. The quantitative estimate of drug-likeness (QED) is 0.791. The molecule has 3 rings (SSSR count). The van der Waals surface area contributed by atoms with E-state index in [1.807, 2.05) is 4.90 Å². The second kappa shape index (κ2) is 4.87. The van der Waals surface area contributed by atoms with Gasteiger partial charge in [0.15, 0.2) is 0 Å². The van der Waals surface area contributed by atoms with E-state index in [4.69, 9.17) is 16.3 Å². The summed E-state index contributed by atoms with van der Waals surface area (Å²) in [5.41, 5.74) is 0. The van der Waals surface area contributed by atoms with E-state index < -0.39 is 0 Å². The third-order valence-corrected chi connectivity index (χ3v) is 2.76. The van der Waals surface area contributed by atoms with Crippen molar-refractivity contribution in [2.45, 2.75) is 0 Å². The predicted molar refractivity (Wildman–Crippen MR) is 65.0 cm³/mol. The minimum Gasteiger partial charge on any atom is -0.378 e. The Morgan fingerprint density at radius 3 is 2.61 bits per heavy atom. The van der Waals surface area contributed by atoms with E-state index in [2.05, 4.69) is 20.1 Å². The number of nitrogens with zero attached hydrogens (tertiary/aromatic N) is 6. The Kier molecular flexibility index (Phi) is 3.07. The average Bonchev–Trinajstić information content (AvgIpc) is 2.93. The van der Waals surface area contributed by atoms with E-state index in [1.165, 1.54) is 0 Å². The number of halogens is 1. The first-order valence-electron chi connectivity index (χ1n) is 5.57. The van der Waals surface area contributed by atoms with Crippen molar-refractivity contribution in [2.24, 2.45) is 0 Å². The van der Waals surface area contributed by atoms with Gasteiger partial charge in [-0.15, -0.1) is 0 Å². The highest BCUT2D eigenvalue weighted by Gasteiger charge is 2.16. The first-order chi connectivity index (χ1) is 8.83. The Bertz CT molecular complexity index is 525. The van der Waals surface area contributed by atoms with Gasteiger partial charge in [-0.3, -0.25) is 0 Å². The Morgan fingerprint density at radius 2 is 1.89 bits per heavy atom. The summed E-state index contributed by atoms with van der Waals surface area (Å²) in [4.78, 5) is 14.6. The monoisotopic (exact) mass is 266 g/mol. The smallest absolute Gasteiger partial charge is 0.256 e. The lowest BCUT2D eigenvalue weighted by Crippen LogP contribution is -2.37. The molecule has 0 aromatic carbocycles. The Hall–Kier alpha value is -1.73. The minimum absolute atomic E-state index is 0.164. The molecule has 0 bridgehead atoms. The fraction of sp³-hybridized carbons (Fsp3) is 0.400. The molecule has 7 nitrogen and oxygen atoms in total. The highest BCUT2D eigenvalue weighted by atomic mass is 35.5. The molecule has 8 heteroatoms. The number of morpholine rings is 1. The highest BCUT2D eigenvalue weighted by molar-refractivity contribution is 6.28. The van der Waals surface area contributed by atoms with Crippen molar-refractivity contribution < 1.29 is 4.74 Å². The van der Waals surface area contributed by atoms with E-state index in [-0.39, 0.29) is 5.28 Å². The molecule has 0 unspecified atom stereocenters. The lowest BCUT2D eigenvalue weighted by Gasteiger charge is -2.26. The molecule has 1 fully saturated rings. The van der Waals surface area contributed by atoms with Gasteiger partial charge in [0.2, 0.25) is 11.2 Å². The van der Waals surface area contributed by atoms with Crippen molar-refractivity contribution in [3.8, 4) is 5.95 Å². The van der Waals surface area contributed by atoms with E-state index in [0.717, 1.165) is 13.1 Å². The number of hydrogen-bond donors (Lipinski definition) is 0. The average molecular weight is 267 g/mol. The van der Waals surface area contributed by atoms with E-state index in [1.54, 1.807) is 23.1 Å².